The zero-order valence-corrected chi connectivity index (χ0v) is 16.1. The molecule has 132 valence electrons. The molecule has 5 nitrogen and oxygen atoms in total. The largest absolute Gasteiger partial charge is 0.358 e. The number of nitrogens with zero attached hydrogens (tertiary/aromatic N) is 3. The monoisotopic (exact) mass is 355 g/mol. The van der Waals surface area contributed by atoms with E-state index < -0.39 is 0 Å². The van der Waals surface area contributed by atoms with Crippen LogP contribution in [0.5, 0.6) is 0 Å². The van der Waals surface area contributed by atoms with Crippen LogP contribution in [0, 0.1) is 13.8 Å². The predicted octanol–water partition coefficient (Wildman–Crippen LogP) is 3.49. The van der Waals surface area contributed by atoms with E-state index in [1.165, 1.54) is 22.2 Å². The number of fused-ring (bicyclic) bond motifs is 1. The molecule has 0 bridgehead atoms. The van der Waals surface area contributed by atoms with Crippen LogP contribution >= 0.6 is 11.3 Å². The number of guanidine groups is 1. The normalized spacial score (nSPS) is 11.9. The Kier molecular flexibility index (Phi) is 5.38. The van der Waals surface area contributed by atoms with Crippen LogP contribution in [-0.4, -0.2) is 41.5 Å². The van der Waals surface area contributed by atoms with E-state index in [1.807, 2.05) is 21.0 Å². The summed E-state index contributed by atoms with van der Waals surface area (Å²) in [5, 5.41) is 7.98. The van der Waals surface area contributed by atoms with Crippen LogP contribution in [0.4, 0.5) is 0 Å². The average molecular weight is 356 g/mol. The van der Waals surface area contributed by atoms with Crippen LogP contribution < -0.4 is 5.32 Å². The van der Waals surface area contributed by atoms with Gasteiger partial charge < -0.3 is 15.2 Å². The summed E-state index contributed by atoms with van der Waals surface area (Å²) in [6, 6.07) is 8.47. The smallest absolute Gasteiger partial charge is 0.193 e. The van der Waals surface area contributed by atoms with E-state index in [1.54, 1.807) is 11.3 Å². The number of aromatic nitrogens is 2. The molecular weight excluding hydrogens is 330 g/mol. The number of nitrogens with one attached hydrogen (secondary N) is 2. The van der Waals surface area contributed by atoms with Crippen molar-refractivity contribution in [3.05, 3.63) is 51.6 Å². The van der Waals surface area contributed by atoms with Gasteiger partial charge in [0, 0.05) is 42.6 Å². The zero-order valence-electron chi connectivity index (χ0n) is 15.3. The fraction of sp³-hybridized carbons (Fsp3) is 0.368. The number of rotatable bonds is 5. The number of benzene rings is 1. The van der Waals surface area contributed by atoms with E-state index in [-0.39, 0.29) is 0 Å². The van der Waals surface area contributed by atoms with E-state index >= 15 is 0 Å². The van der Waals surface area contributed by atoms with Gasteiger partial charge in [-0.05, 0) is 31.9 Å². The number of hydrogen-bond donors (Lipinski definition) is 2. The summed E-state index contributed by atoms with van der Waals surface area (Å²) in [7, 11) is 3.86. The Hall–Kier alpha value is -2.34. The molecule has 25 heavy (non-hydrogen) atoms. The van der Waals surface area contributed by atoms with Gasteiger partial charge in [0.25, 0.3) is 0 Å². The Morgan fingerprint density at radius 2 is 2.12 bits per heavy atom. The first kappa shape index (κ1) is 17.5. The maximum Gasteiger partial charge on any atom is 0.193 e. The lowest BCUT2D eigenvalue weighted by atomic mass is 10.1. The Morgan fingerprint density at radius 3 is 2.84 bits per heavy atom. The van der Waals surface area contributed by atoms with Crippen LogP contribution in [0.25, 0.3) is 10.9 Å². The van der Waals surface area contributed by atoms with Crippen LogP contribution in [-0.2, 0) is 13.0 Å². The highest BCUT2D eigenvalue weighted by Gasteiger charge is 2.10. The molecule has 2 aromatic heterocycles. The molecule has 0 spiro atoms. The minimum atomic E-state index is 0.760. The van der Waals surface area contributed by atoms with Gasteiger partial charge in [-0.15, -0.1) is 11.3 Å². The van der Waals surface area contributed by atoms with Gasteiger partial charge in [-0.2, -0.15) is 0 Å². The van der Waals surface area contributed by atoms with Gasteiger partial charge in [0.2, 0.25) is 0 Å². The lowest BCUT2D eigenvalue weighted by Gasteiger charge is -2.21. The first-order valence-corrected chi connectivity index (χ1v) is 9.35. The molecule has 0 atom stereocenters. The molecule has 0 aliphatic rings. The van der Waals surface area contributed by atoms with Gasteiger partial charge >= 0.3 is 0 Å². The SMILES string of the molecule is CN=C(NCCc1c(C)[nH]c2ccccc12)N(C)Cc1csc(C)n1. The maximum atomic E-state index is 4.52. The van der Waals surface area contributed by atoms with Crippen LogP contribution in [0.2, 0.25) is 0 Å². The van der Waals surface area contributed by atoms with Crippen molar-refractivity contribution in [1.29, 1.82) is 0 Å². The summed E-state index contributed by atoms with van der Waals surface area (Å²) in [6.07, 6.45) is 0.957. The number of aryl methyl sites for hydroxylation is 2. The van der Waals surface area contributed by atoms with Crippen molar-refractivity contribution >= 4 is 28.2 Å². The van der Waals surface area contributed by atoms with Gasteiger partial charge in [-0.25, -0.2) is 4.98 Å². The van der Waals surface area contributed by atoms with E-state index in [0.29, 0.717) is 0 Å². The number of aliphatic imine (C=N–C) groups is 1. The molecule has 0 aliphatic heterocycles. The summed E-state index contributed by atoms with van der Waals surface area (Å²) >= 11 is 1.68. The van der Waals surface area contributed by atoms with E-state index in [4.69, 9.17) is 0 Å². The molecule has 3 rings (SSSR count). The minimum absolute atomic E-state index is 0.760. The summed E-state index contributed by atoms with van der Waals surface area (Å²) in [5.74, 6) is 0.892. The highest BCUT2D eigenvalue weighted by Crippen LogP contribution is 2.21. The zero-order chi connectivity index (χ0) is 17.8. The molecule has 6 heteroatoms. The molecule has 0 aliphatic carbocycles. The Balaban J connectivity index is 1.60. The van der Waals surface area contributed by atoms with Crippen molar-refractivity contribution in [1.82, 2.24) is 20.2 Å². The minimum Gasteiger partial charge on any atom is -0.358 e. The Morgan fingerprint density at radius 1 is 1.32 bits per heavy atom. The molecule has 0 saturated carbocycles. The van der Waals surface area contributed by atoms with Crippen LogP contribution in [0.3, 0.4) is 0 Å². The fourth-order valence-electron chi connectivity index (χ4n) is 3.14. The highest BCUT2D eigenvalue weighted by atomic mass is 32.1. The predicted molar refractivity (Wildman–Crippen MR) is 106 cm³/mol. The Bertz CT molecular complexity index is 877. The Labute approximate surface area is 152 Å². The third-order valence-electron chi connectivity index (χ3n) is 4.32. The van der Waals surface area contributed by atoms with Crippen molar-refractivity contribution in [3.63, 3.8) is 0 Å². The summed E-state index contributed by atoms with van der Waals surface area (Å²) in [4.78, 5) is 14.5. The molecule has 1 aromatic carbocycles. The molecule has 0 unspecified atom stereocenters. The molecule has 3 aromatic rings. The van der Waals surface area contributed by atoms with E-state index in [9.17, 15) is 0 Å². The summed E-state index contributed by atoms with van der Waals surface area (Å²) in [5.41, 5.74) is 4.90. The van der Waals surface area contributed by atoms with Crippen molar-refractivity contribution in [2.45, 2.75) is 26.8 Å². The number of H-pyrrole nitrogens is 1. The average Bonchev–Trinajstić information content (AvgIpc) is 3.14. The molecular formula is C19H25N5S. The maximum absolute atomic E-state index is 4.52. The van der Waals surface area contributed by atoms with Crippen LogP contribution in [0.15, 0.2) is 34.6 Å². The summed E-state index contributed by atoms with van der Waals surface area (Å²) < 4.78 is 0. The quantitative estimate of drug-likeness (QED) is 0.544. The van der Waals surface area contributed by atoms with Crippen LogP contribution in [0.1, 0.15) is 22.0 Å². The highest BCUT2D eigenvalue weighted by molar-refractivity contribution is 7.09. The second-order valence-corrected chi connectivity index (χ2v) is 7.27. The molecule has 2 N–H and O–H groups in total. The van der Waals surface area contributed by atoms with Crippen molar-refractivity contribution in [2.75, 3.05) is 20.6 Å². The summed E-state index contributed by atoms with van der Waals surface area (Å²) in [6.45, 7) is 5.78. The third-order valence-corrected chi connectivity index (χ3v) is 5.15. The number of para-hydroxylation sites is 1. The first-order valence-electron chi connectivity index (χ1n) is 8.47. The van der Waals surface area contributed by atoms with Crippen molar-refractivity contribution in [3.8, 4) is 0 Å². The lowest BCUT2D eigenvalue weighted by molar-refractivity contribution is 0.471. The van der Waals surface area contributed by atoms with Gasteiger partial charge in [0.15, 0.2) is 5.96 Å². The topological polar surface area (TPSA) is 56.3 Å². The standard InChI is InChI=1S/C19H25N5S/c1-13-16(17-7-5-6-8-18(17)22-13)9-10-21-19(20-3)24(4)11-15-12-25-14(2)23-15/h5-8,12,22H,9-11H2,1-4H3,(H,20,21). The third kappa shape index (κ3) is 4.02. The second-order valence-electron chi connectivity index (χ2n) is 6.21. The van der Waals surface area contributed by atoms with Gasteiger partial charge in [-0.3, -0.25) is 4.99 Å². The van der Waals surface area contributed by atoms with Crippen molar-refractivity contribution < 1.29 is 0 Å². The van der Waals surface area contributed by atoms with Gasteiger partial charge in [-0.1, -0.05) is 18.2 Å². The van der Waals surface area contributed by atoms with Crippen molar-refractivity contribution in [2.24, 2.45) is 4.99 Å². The van der Waals surface area contributed by atoms with Gasteiger partial charge in [0.05, 0.1) is 17.2 Å². The molecule has 2 heterocycles. The first-order chi connectivity index (χ1) is 12.1. The lowest BCUT2D eigenvalue weighted by Crippen LogP contribution is -2.39. The fourth-order valence-corrected chi connectivity index (χ4v) is 3.74. The van der Waals surface area contributed by atoms with E-state index in [2.05, 4.69) is 61.7 Å². The molecule has 0 radical (unpaired) electrons. The number of aromatic amines is 1. The van der Waals surface area contributed by atoms with E-state index in [0.717, 1.165) is 36.2 Å². The molecule has 0 amide bonds. The molecule has 0 fully saturated rings. The molecule has 0 saturated heterocycles. The number of thiazole rings is 1. The van der Waals surface area contributed by atoms with Gasteiger partial charge in [0.1, 0.15) is 0 Å². The number of hydrogen-bond acceptors (Lipinski definition) is 3. The second kappa shape index (κ2) is 7.70.